The van der Waals surface area contributed by atoms with Gasteiger partial charge in [0.15, 0.2) is 6.67 Å². The minimum atomic E-state index is -0.654. The van der Waals surface area contributed by atoms with Gasteiger partial charge in [0.2, 0.25) is 0 Å². The highest BCUT2D eigenvalue weighted by Gasteiger charge is 2.55. The summed E-state index contributed by atoms with van der Waals surface area (Å²) in [5.74, 6) is 0.188. The Morgan fingerprint density at radius 3 is 2.75 bits per heavy atom. The number of hydrogen-bond acceptors (Lipinski definition) is 2. The van der Waals surface area contributed by atoms with Gasteiger partial charge in [0, 0.05) is 5.56 Å². The van der Waals surface area contributed by atoms with Gasteiger partial charge in [-0.3, -0.25) is 4.79 Å². The molecule has 1 spiro atoms. The molecule has 1 saturated carbocycles. The van der Waals surface area contributed by atoms with Crippen molar-refractivity contribution in [3.63, 3.8) is 0 Å². The molecule has 1 saturated heterocycles. The molecule has 0 bridgehead atoms. The molecule has 3 amide bonds. The second kappa shape index (κ2) is 6.55. The first-order valence-electron chi connectivity index (χ1n) is 8.94. The monoisotopic (exact) mass is 330 g/mol. The van der Waals surface area contributed by atoms with E-state index < -0.39 is 5.54 Å². The third-order valence-electron chi connectivity index (χ3n) is 5.68. The minimum absolute atomic E-state index is 0.0242. The number of carbonyl (C=O) groups excluding carboxylic acids is 2. The highest BCUT2D eigenvalue weighted by atomic mass is 16.2. The van der Waals surface area contributed by atoms with E-state index in [0.29, 0.717) is 6.67 Å². The van der Waals surface area contributed by atoms with Gasteiger partial charge in [0.05, 0.1) is 7.05 Å². The number of urea groups is 1. The van der Waals surface area contributed by atoms with Crippen LogP contribution in [-0.4, -0.2) is 36.1 Å². The maximum atomic E-state index is 13.0. The summed E-state index contributed by atoms with van der Waals surface area (Å²) in [5, 5.41) is 3.02. The predicted molar refractivity (Wildman–Crippen MR) is 92.4 cm³/mol. The first-order chi connectivity index (χ1) is 11.4. The predicted octanol–water partition coefficient (Wildman–Crippen LogP) is 1.47. The summed E-state index contributed by atoms with van der Waals surface area (Å²) in [6.45, 7) is 5.39. The Bertz CT molecular complexity index is 645. The molecule has 5 heteroatoms. The van der Waals surface area contributed by atoms with Crippen LogP contribution < -0.4 is 10.2 Å². The summed E-state index contributed by atoms with van der Waals surface area (Å²) in [6, 6.07) is 8.03. The van der Waals surface area contributed by atoms with Crippen molar-refractivity contribution in [3.05, 3.63) is 35.4 Å². The number of carbonyl (C=O) groups is 2. The van der Waals surface area contributed by atoms with E-state index in [2.05, 4.69) is 31.3 Å². The van der Waals surface area contributed by atoms with Gasteiger partial charge in [0.25, 0.3) is 5.91 Å². The Morgan fingerprint density at radius 1 is 1.29 bits per heavy atom. The van der Waals surface area contributed by atoms with E-state index in [0.717, 1.165) is 37.1 Å². The van der Waals surface area contributed by atoms with E-state index >= 15 is 0 Å². The largest absolute Gasteiger partial charge is 0.329 e. The molecule has 3 rings (SSSR count). The van der Waals surface area contributed by atoms with Crippen molar-refractivity contribution in [2.45, 2.75) is 51.6 Å². The topological polar surface area (TPSA) is 53.9 Å². The number of nitrogens with one attached hydrogen (secondary N) is 2. The molecule has 1 unspecified atom stereocenters. The van der Waals surface area contributed by atoms with Crippen molar-refractivity contribution in [2.24, 2.45) is 5.92 Å². The Hall–Kier alpha value is -1.88. The summed E-state index contributed by atoms with van der Waals surface area (Å²) >= 11 is 0. The van der Waals surface area contributed by atoms with Crippen molar-refractivity contribution in [3.8, 4) is 0 Å². The minimum Gasteiger partial charge on any atom is -0.323 e. The van der Waals surface area contributed by atoms with Gasteiger partial charge in [0.1, 0.15) is 12.1 Å². The Balaban J connectivity index is 1.70. The molecule has 2 fully saturated rings. The SMILES string of the molecule is Cc1ccccc1C[NH+](C)CN1C(=O)N[C@@]2(CCCC[C@H]2C)C1=O. The summed E-state index contributed by atoms with van der Waals surface area (Å²) in [6.07, 6.45) is 3.93. The summed E-state index contributed by atoms with van der Waals surface area (Å²) < 4.78 is 0. The fraction of sp³-hybridized carbons (Fsp3) is 0.579. The van der Waals surface area contributed by atoms with Crippen molar-refractivity contribution in [2.75, 3.05) is 13.7 Å². The van der Waals surface area contributed by atoms with Gasteiger partial charge >= 0.3 is 6.03 Å². The van der Waals surface area contributed by atoms with Crippen LogP contribution in [0, 0.1) is 12.8 Å². The number of quaternary nitrogens is 1. The first kappa shape index (κ1) is 17.0. The fourth-order valence-corrected chi connectivity index (χ4v) is 4.10. The fourth-order valence-electron chi connectivity index (χ4n) is 4.10. The van der Waals surface area contributed by atoms with Gasteiger partial charge in [-0.1, -0.05) is 44.0 Å². The molecule has 2 aliphatic rings. The second-order valence-electron chi connectivity index (χ2n) is 7.50. The standard InChI is InChI=1S/C19H27N3O2/c1-14-8-4-5-10-16(14)12-21(3)13-22-17(23)19(20-18(22)24)11-7-6-9-15(19)2/h4-5,8,10,15H,6-7,9,11-13H2,1-3H3,(H,20,24)/p+1/t15-,19-/m1/s1. The van der Waals surface area contributed by atoms with Crippen molar-refractivity contribution >= 4 is 11.9 Å². The maximum Gasteiger partial charge on any atom is 0.329 e. The number of nitrogens with zero attached hydrogens (tertiary/aromatic N) is 1. The van der Waals surface area contributed by atoms with Crippen LogP contribution in [0.2, 0.25) is 0 Å². The molecule has 1 aliphatic carbocycles. The van der Waals surface area contributed by atoms with Crippen molar-refractivity contribution in [1.82, 2.24) is 10.2 Å². The average Bonchev–Trinajstić information content (AvgIpc) is 2.78. The molecule has 1 aliphatic heterocycles. The molecule has 1 heterocycles. The Kier molecular flexibility index (Phi) is 4.63. The lowest BCUT2D eigenvalue weighted by molar-refractivity contribution is -0.901. The van der Waals surface area contributed by atoms with Crippen molar-refractivity contribution < 1.29 is 14.5 Å². The first-order valence-corrected chi connectivity index (χ1v) is 8.94. The number of benzene rings is 1. The molecular weight excluding hydrogens is 302 g/mol. The number of aryl methyl sites for hydroxylation is 1. The lowest BCUT2D eigenvalue weighted by atomic mass is 9.73. The van der Waals surface area contributed by atoms with E-state index in [1.54, 1.807) is 0 Å². The molecule has 1 aromatic rings. The number of imide groups is 1. The molecule has 0 aromatic heterocycles. The average molecular weight is 330 g/mol. The quantitative estimate of drug-likeness (QED) is 0.822. The van der Waals surface area contributed by atoms with Gasteiger partial charge in [-0.25, -0.2) is 9.69 Å². The second-order valence-corrected chi connectivity index (χ2v) is 7.50. The number of hydrogen-bond donors (Lipinski definition) is 2. The normalized spacial score (nSPS) is 28.3. The Labute approximate surface area is 144 Å². The van der Waals surface area contributed by atoms with Crippen LogP contribution in [0.3, 0.4) is 0 Å². The summed E-state index contributed by atoms with van der Waals surface area (Å²) in [5.41, 5.74) is 1.84. The van der Waals surface area contributed by atoms with Gasteiger partial charge in [-0.2, -0.15) is 0 Å². The maximum absolute atomic E-state index is 13.0. The molecule has 2 N–H and O–H groups in total. The summed E-state index contributed by atoms with van der Waals surface area (Å²) in [7, 11) is 2.03. The van der Waals surface area contributed by atoms with E-state index in [-0.39, 0.29) is 17.9 Å². The van der Waals surface area contributed by atoms with E-state index in [1.165, 1.54) is 16.0 Å². The van der Waals surface area contributed by atoms with Crippen LogP contribution in [-0.2, 0) is 11.3 Å². The zero-order valence-electron chi connectivity index (χ0n) is 14.9. The molecule has 5 nitrogen and oxygen atoms in total. The summed E-state index contributed by atoms with van der Waals surface area (Å²) in [4.78, 5) is 28.0. The Morgan fingerprint density at radius 2 is 2.04 bits per heavy atom. The highest BCUT2D eigenvalue weighted by molar-refractivity contribution is 6.07. The van der Waals surface area contributed by atoms with Crippen LogP contribution >= 0.6 is 0 Å². The van der Waals surface area contributed by atoms with Crippen LogP contribution in [0.15, 0.2) is 24.3 Å². The molecular formula is C19H28N3O2+. The molecule has 3 atom stereocenters. The number of rotatable bonds is 4. The molecule has 1 aromatic carbocycles. The molecule has 130 valence electrons. The van der Waals surface area contributed by atoms with Crippen molar-refractivity contribution in [1.29, 1.82) is 0 Å². The van der Waals surface area contributed by atoms with Gasteiger partial charge in [-0.15, -0.1) is 0 Å². The third kappa shape index (κ3) is 2.93. The lowest BCUT2D eigenvalue weighted by Crippen LogP contribution is -3.09. The van der Waals surface area contributed by atoms with E-state index in [4.69, 9.17) is 0 Å². The van der Waals surface area contributed by atoms with Gasteiger partial charge in [-0.05, 0) is 31.2 Å². The van der Waals surface area contributed by atoms with E-state index in [9.17, 15) is 9.59 Å². The van der Waals surface area contributed by atoms with Gasteiger partial charge < -0.3 is 10.2 Å². The molecule has 24 heavy (non-hydrogen) atoms. The van der Waals surface area contributed by atoms with E-state index in [1.807, 2.05) is 19.2 Å². The van der Waals surface area contributed by atoms with Crippen LogP contribution in [0.1, 0.15) is 43.7 Å². The smallest absolute Gasteiger partial charge is 0.323 e. The van der Waals surface area contributed by atoms with Crippen LogP contribution in [0.25, 0.3) is 0 Å². The lowest BCUT2D eigenvalue weighted by Gasteiger charge is -2.36. The molecule has 0 radical (unpaired) electrons. The highest BCUT2D eigenvalue weighted by Crippen LogP contribution is 2.37. The third-order valence-corrected chi connectivity index (χ3v) is 5.68. The van der Waals surface area contributed by atoms with Crippen LogP contribution in [0.5, 0.6) is 0 Å². The zero-order valence-corrected chi connectivity index (χ0v) is 14.9. The van der Waals surface area contributed by atoms with Crippen LogP contribution in [0.4, 0.5) is 4.79 Å². The number of amides is 3. The zero-order chi connectivity index (χ0) is 17.3.